The minimum Gasteiger partial charge on any atom is -0.507 e. The highest BCUT2D eigenvalue weighted by molar-refractivity contribution is 6.31. The number of Topliss-reactive ketones (excluding diaryl/α,β-unsaturated/α-hetero) is 1. The molecule has 0 saturated carbocycles. The maximum Gasteiger partial charge on any atom is 0.407 e. The zero-order valence-corrected chi connectivity index (χ0v) is 39.3. The van der Waals surface area contributed by atoms with Crippen LogP contribution in [0.5, 0.6) is 23.0 Å². The van der Waals surface area contributed by atoms with Crippen LogP contribution < -0.4 is 14.8 Å². The number of ketones is 3. The Hall–Kier alpha value is -7.18. The third-order valence-corrected chi connectivity index (χ3v) is 12.5. The number of aliphatic hydroxyl groups excluding tert-OH is 1. The van der Waals surface area contributed by atoms with Gasteiger partial charge in [-0.25, -0.2) is 9.59 Å². The van der Waals surface area contributed by atoms with Crippen molar-refractivity contribution in [3.8, 4) is 23.0 Å². The molecular formula is C48H51NO22. The van der Waals surface area contributed by atoms with Crippen LogP contribution in [0, 0.1) is 0 Å². The zero-order valence-electron chi connectivity index (χ0n) is 39.3. The van der Waals surface area contributed by atoms with E-state index in [1.807, 2.05) is 0 Å². The molecule has 3 aromatic rings. The fraction of sp³-hybridized carbons (Fsp3) is 0.458. The van der Waals surface area contributed by atoms with Crippen molar-refractivity contribution in [1.29, 1.82) is 0 Å². The molecule has 0 spiro atoms. The molecule has 1 amide bonds. The van der Waals surface area contributed by atoms with E-state index in [1.54, 1.807) is 6.07 Å². The number of amides is 1. The topological polar surface area (TPSA) is 322 Å². The number of methoxy groups -OCH3 is 2. The smallest absolute Gasteiger partial charge is 0.407 e. The molecule has 23 nitrogen and oxygen atoms in total. The van der Waals surface area contributed by atoms with E-state index in [4.69, 9.17) is 47.4 Å². The van der Waals surface area contributed by atoms with Crippen molar-refractivity contribution < 1.29 is 106 Å². The first-order chi connectivity index (χ1) is 33.6. The van der Waals surface area contributed by atoms with E-state index in [2.05, 4.69) is 5.32 Å². The van der Waals surface area contributed by atoms with Gasteiger partial charge in [0.05, 0.1) is 49.2 Å². The van der Waals surface area contributed by atoms with E-state index in [0.717, 1.165) is 34.8 Å². The van der Waals surface area contributed by atoms with Crippen molar-refractivity contribution in [2.45, 2.75) is 127 Å². The van der Waals surface area contributed by atoms with E-state index >= 15 is 0 Å². The lowest BCUT2D eigenvalue weighted by molar-refractivity contribution is -0.282. The SMILES string of the molecule is COC(=O)[C@@H]1O[C@@H](Oc2ccccc2COC(=O)N[C@@H]2C[C@H](O[C@H]3C[C@](O)(C(C)=O)Cc4c(O)c5c(c(O)c43)C(=O)c3c(OC)cccc3C5=O)O[C@@H](C)[C@H]2O)[C@@H](OC(C)=O)[C@@H](OC(C)=O)[C@@H]1OC(C)=O. The number of aliphatic hydroxyl groups is 2. The van der Waals surface area contributed by atoms with E-state index in [1.165, 1.54) is 50.4 Å². The summed E-state index contributed by atoms with van der Waals surface area (Å²) in [6, 6.07) is 9.09. The van der Waals surface area contributed by atoms with Crippen LogP contribution in [0.15, 0.2) is 42.5 Å². The summed E-state index contributed by atoms with van der Waals surface area (Å²) in [5, 5.41) is 48.9. The van der Waals surface area contributed by atoms with E-state index in [9.17, 15) is 58.8 Å². The summed E-state index contributed by atoms with van der Waals surface area (Å²) in [5.74, 6) is -7.69. The van der Waals surface area contributed by atoms with Gasteiger partial charge in [-0.1, -0.05) is 30.3 Å². The number of esters is 4. The minimum atomic E-state index is -2.20. The second kappa shape index (κ2) is 20.7. The first kappa shape index (κ1) is 51.7. The predicted octanol–water partition coefficient (Wildman–Crippen LogP) is 2.07. The summed E-state index contributed by atoms with van der Waals surface area (Å²) in [4.78, 5) is 104. The van der Waals surface area contributed by atoms with Gasteiger partial charge in [0.2, 0.25) is 18.2 Å². The number of ether oxygens (including phenoxy) is 10. The molecular weight excluding hydrogens is 943 g/mol. The third-order valence-electron chi connectivity index (χ3n) is 12.5. The number of rotatable bonds is 13. The van der Waals surface area contributed by atoms with Crippen LogP contribution in [-0.4, -0.2) is 143 Å². The maximum absolute atomic E-state index is 14.1. The molecule has 3 aromatic carbocycles. The first-order valence-corrected chi connectivity index (χ1v) is 22.1. The van der Waals surface area contributed by atoms with Crippen molar-refractivity contribution in [2.75, 3.05) is 14.2 Å². The van der Waals surface area contributed by atoms with Gasteiger partial charge in [0.25, 0.3) is 0 Å². The van der Waals surface area contributed by atoms with Crippen molar-refractivity contribution in [2.24, 2.45) is 0 Å². The summed E-state index contributed by atoms with van der Waals surface area (Å²) in [7, 11) is 2.31. The number of nitrogens with one attached hydrogen (secondary N) is 1. The molecule has 2 heterocycles. The maximum atomic E-state index is 14.1. The number of hydrogen-bond acceptors (Lipinski definition) is 22. The van der Waals surface area contributed by atoms with Crippen LogP contribution in [0.1, 0.15) is 102 Å². The van der Waals surface area contributed by atoms with Gasteiger partial charge in [0.15, 0.2) is 36.2 Å². The van der Waals surface area contributed by atoms with Crippen LogP contribution >= 0.6 is 0 Å². The molecule has 7 rings (SSSR count). The number of phenolic OH excluding ortho intramolecular Hbond substituents is 2. The fourth-order valence-electron chi connectivity index (χ4n) is 9.14. The average molecular weight is 994 g/mol. The Balaban J connectivity index is 1.10. The number of carbonyl (C=O) groups excluding carboxylic acids is 8. The summed E-state index contributed by atoms with van der Waals surface area (Å²) < 4.78 is 56.0. The molecule has 23 heteroatoms. The molecule has 2 aliphatic carbocycles. The first-order valence-electron chi connectivity index (χ1n) is 22.1. The summed E-state index contributed by atoms with van der Waals surface area (Å²) >= 11 is 0. The molecule has 2 saturated heterocycles. The normalized spacial score (nSPS) is 27.6. The Bertz CT molecular complexity index is 2660. The van der Waals surface area contributed by atoms with Gasteiger partial charge in [-0.15, -0.1) is 0 Å². The second-order valence-corrected chi connectivity index (χ2v) is 17.2. The molecule has 2 fully saturated rings. The van der Waals surface area contributed by atoms with Crippen LogP contribution in [0.3, 0.4) is 0 Å². The quantitative estimate of drug-likeness (QED) is 0.0727. The summed E-state index contributed by atoms with van der Waals surface area (Å²) in [5.41, 5.74) is -3.81. The van der Waals surface area contributed by atoms with Crippen molar-refractivity contribution in [3.05, 3.63) is 81.4 Å². The number of phenols is 2. The molecule has 0 bridgehead atoms. The monoisotopic (exact) mass is 993 g/mol. The second-order valence-electron chi connectivity index (χ2n) is 17.2. The average Bonchev–Trinajstić information content (AvgIpc) is 3.31. The van der Waals surface area contributed by atoms with Crippen molar-refractivity contribution >= 4 is 47.3 Å². The van der Waals surface area contributed by atoms with E-state index < -0.39 is 156 Å². The van der Waals surface area contributed by atoms with Gasteiger partial charge in [0.1, 0.15) is 41.3 Å². The highest BCUT2D eigenvalue weighted by atomic mass is 16.7. The molecule has 0 unspecified atom stereocenters. The molecule has 2 aliphatic heterocycles. The van der Waals surface area contributed by atoms with Crippen molar-refractivity contribution in [3.63, 3.8) is 0 Å². The molecule has 4 aliphatic rings. The number of benzene rings is 3. The van der Waals surface area contributed by atoms with Gasteiger partial charge in [-0.2, -0.15) is 0 Å². The predicted molar refractivity (Wildman–Crippen MR) is 234 cm³/mol. The van der Waals surface area contributed by atoms with E-state index in [0.29, 0.717) is 0 Å². The number of fused-ring (bicyclic) bond motifs is 3. The van der Waals surface area contributed by atoms with Gasteiger partial charge < -0.3 is 73.1 Å². The lowest BCUT2D eigenvalue weighted by atomic mass is 9.72. The number of alkyl carbamates (subject to hydrolysis) is 1. The molecule has 5 N–H and O–H groups in total. The molecule has 71 heavy (non-hydrogen) atoms. The standard InChI is InChI=1S/C48H51NO22/c1-19-36(54)27(49-47(60)64-18-24-11-8-9-13-28(24)70-46-44(68-23(5)53)42(67-22(4)52)41(66-21(3)51)43(71-46)45(59)63-7)15-31(65-19)69-30-17-48(61,20(2)50)16-26-33(30)40(58)35-34(38(26)56)37(55)25-12-10-14-29(62-6)32(25)39(35)57/h8-14,19,27,30-31,36,41-44,46,54,56,58,61H,15-18H2,1-7H3,(H,49,60)/t19-,27+,30-,31-,36+,41-,42-,43+,44-,46+,48-/m0/s1. The molecule has 11 atom stereocenters. The summed E-state index contributed by atoms with van der Waals surface area (Å²) in [6.07, 6.45) is -16.2. The number of aromatic hydroxyl groups is 2. The van der Waals surface area contributed by atoms with Crippen LogP contribution in [0.25, 0.3) is 0 Å². The van der Waals surface area contributed by atoms with Gasteiger partial charge in [-0.05, 0) is 26.0 Å². The lowest BCUT2D eigenvalue weighted by Crippen LogP contribution is -2.64. The number of para-hydroxylation sites is 1. The Kier molecular flexibility index (Phi) is 15.0. The van der Waals surface area contributed by atoms with Crippen LogP contribution in [0.2, 0.25) is 0 Å². The zero-order chi connectivity index (χ0) is 51.8. The Morgan fingerprint density at radius 2 is 1.42 bits per heavy atom. The molecule has 380 valence electrons. The fourth-order valence-corrected chi connectivity index (χ4v) is 9.14. The minimum absolute atomic E-state index is 0.0331. The molecule has 0 radical (unpaired) electrons. The highest BCUT2D eigenvalue weighted by Crippen LogP contribution is 2.52. The lowest BCUT2D eigenvalue weighted by Gasteiger charge is -2.43. The third kappa shape index (κ3) is 10.2. The summed E-state index contributed by atoms with van der Waals surface area (Å²) in [6.45, 7) is 5.14. The highest BCUT2D eigenvalue weighted by Gasteiger charge is 2.56. The number of carbonyl (C=O) groups is 8. The molecule has 0 aromatic heterocycles. The Labute approximate surface area is 404 Å². The van der Waals surface area contributed by atoms with Crippen LogP contribution in [-0.2, 0) is 74.9 Å². The van der Waals surface area contributed by atoms with Crippen molar-refractivity contribution in [1.82, 2.24) is 5.32 Å². The Morgan fingerprint density at radius 1 is 0.789 bits per heavy atom. The Morgan fingerprint density at radius 3 is 2.07 bits per heavy atom. The van der Waals surface area contributed by atoms with Crippen LogP contribution in [0.4, 0.5) is 4.79 Å². The van der Waals surface area contributed by atoms with Gasteiger partial charge in [-0.3, -0.25) is 28.8 Å². The largest absolute Gasteiger partial charge is 0.507 e. The van der Waals surface area contributed by atoms with E-state index in [-0.39, 0.29) is 45.7 Å². The number of hydrogen-bond donors (Lipinski definition) is 5. The van der Waals surface area contributed by atoms with Gasteiger partial charge >= 0.3 is 30.0 Å². The van der Waals surface area contributed by atoms with Gasteiger partial charge in [0, 0.05) is 62.3 Å².